The van der Waals surface area contributed by atoms with E-state index < -0.39 is 0 Å². The molecule has 1 aromatic rings. The fraction of sp³-hybridized carbons (Fsp3) is 0.812. The van der Waals surface area contributed by atoms with E-state index in [0.29, 0.717) is 37.3 Å². The Morgan fingerprint density at radius 3 is 2.68 bits per heavy atom. The molecule has 2 fully saturated rings. The molecule has 0 aromatic carbocycles. The van der Waals surface area contributed by atoms with Gasteiger partial charge in [-0.2, -0.15) is 4.98 Å². The van der Waals surface area contributed by atoms with Gasteiger partial charge in [0.05, 0.1) is 13.2 Å². The molecule has 0 radical (unpaired) electrons. The minimum absolute atomic E-state index is 0.230. The van der Waals surface area contributed by atoms with Crippen molar-refractivity contribution >= 4 is 5.91 Å². The number of hydrogen-bond acceptors (Lipinski definition) is 5. The third-order valence-corrected chi connectivity index (χ3v) is 5.11. The first-order valence-corrected chi connectivity index (χ1v) is 8.19. The molecule has 6 heteroatoms. The zero-order valence-corrected chi connectivity index (χ0v) is 13.7. The van der Waals surface area contributed by atoms with Crippen LogP contribution in [-0.4, -0.2) is 40.6 Å². The SMILES string of the molecule is Cc1nc([C@H]2CN(C(=O)C(C)(C)C3CCCC3)CCO2)no1. The Labute approximate surface area is 131 Å². The molecule has 1 aliphatic heterocycles. The average Bonchev–Trinajstić information content (AvgIpc) is 3.18. The molecular formula is C16H25N3O3. The van der Waals surface area contributed by atoms with E-state index in [2.05, 4.69) is 24.0 Å². The van der Waals surface area contributed by atoms with E-state index >= 15 is 0 Å². The number of rotatable bonds is 3. The monoisotopic (exact) mass is 307 g/mol. The number of carbonyl (C=O) groups excluding carboxylic acids is 1. The molecule has 122 valence electrons. The highest BCUT2D eigenvalue weighted by molar-refractivity contribution is 5.82. The Hall–Kier alpha value is -1.43. The van der Waals surface area contributed by atoms with E-state index in [1.54, 1.807) is 6.92 Å². The number of carbonyl (C=O) groups is 1. The summed E-state index contributed by atoms with van der Waals surface area (Å²) in [5, 5.41) is 3.92. The van der Waals surface area contributed by atoms with Crippen LogP contribution in [0, 0.1) is 18.3 Å². The van der Waals surface area contributed by atoms with Gasteiger partial charge in [-0.05, 0) is 18.8 Å². The van der Waals surface area contributed by atoms with Crippen molar-refractivity contribution in [1.29, 1.82) is 0 Å². The lowest BCUT2D eigenvalue weighted by Gasteiger charge is -2.39. The molecule has 2 aliphatic rings. The minimum Gasteiger partial charge on any atom is -0.366 e. The molecule has 0 unspecified atom stereocenters. The molecule has 1 atom stereocenters. The summed E-state index contributed by atoms with van der Waals surface area (Å²) >= 11 is 0. The summed E-state index contributed by atoms with van der Waals surface area (Å²) in [4.78, 5) is 19.1. The van der Waals surface area contributed by atoms with Gasteiger partial charge in [0.1, 0.15) is 6.10 Å². The van der Waals surface area contributed by atoms with Crippen molar-refractivity contribution in [3.05, 3.63) is 11.7 Å². The van der Waals surface area contributed by atoms with E-state index in [9.17, 15) is 4.79 Å². The van der Waals surface area contributed by atoms with Crippen LogP contribution in [0.5, 0.6) is 0 Å². The van der Waals surface area contributed by atoms with Gasteiger partial charge in [0, 0.05) is 18.9 Å². The maximum Gasteiger partial charge on any atom is 0.228 e. The molecular weight excluding hydrogens is 282 g/mol. The molecule has 0 N–H and O–H groups in total. The second-order valence-electron chi connectivity index (χ2n) is 6.99. The summed E-state index contributed by atoms with van der Waals surface area (Å²) < 4.78 is 10.7. The average molecular weight is 307 g/mol. The van der Waals surface area contributed by atoms with Crippen LogP contribution >= 0.6 is 0 Å². The summed E-state index contributed by atoms with van der Waals surface area (Å²) in [7, 11) is 0. The number of amides is 1. The van der Waals surface area contributed by atoms with Gasteiger partial charge in [-0.1, -0.05) is 31.8 Å². The molecule has 1 aromatic heterocycles. The van der Waals surface area contributed by atoms with Crippen LogP contribution in [-0.2, 0) is 9.53 Å². The third kappa shape index (κ3) is 2.89. The summed E-state index contributed by atoms with van der Waals surface area (Å²) in [6.45, 7) is 7.61. The Kier molecular flexibility index (Phi) is 4.21. The van der Waals surface area contributed by atoms with Gasteiger partial charge in [-0.3, -0.25) is 4.79 Å². The second-order valence-corrected chi connectivity index (χ2v) is 6.99. The zero-order valence-electron chi connectivity index (χ0n) is 13.7. The molecule has 0 spiro atoms. The minimum atomic E-state index is -0.300. The molecule has 1 saturated carbocycles. The van der Waals surface area contributed by atoms with Gasteiger partial charge >= 0.3 is 0 Å². The van der Waals surface area contributed by atoms with Crippen LogP contribution < -0.4 is 0 Å². The van der Waals surface area contributed by atoms with Crippen molar-refractivity contribution in [2.75, 3.05) is 19.7 Å². The van der Waals surface area contributed by atoms with E-state index in [0.717, 1.165) is 12.8 Å². The zero-order chi connectivity index (χ0) is 15.7. The van der Waals surface area contributed by atoms with E-state index in [-0.39, 0.29) is 17.4 Å². The summed E-state index contributed by atoms with van der Waals surface area (Å²) in [5.74, 6) is 1.78. The van der Waals surface area contributed by atoms with Crippen molar-refractivity contribution in [3.8, 4) is 0 Å². The quantitative estimate of drug-likeness (QED) is 0.858. The van der Waals surface area contributed by atoms with Crippen LogP contribution in [0.25, 0.3) is 0 Å². The number of nitrogens with zero attached hydrogens (tertiary/aromatic N) is 3. The largest absolute Gasteiger partial charge is 0.366 e. The molecule has 1 saturated heterocycles. The first-order valence-electron chi connectivity index (χ1n) is 8.19. The van der Waals surface area contributed by atoms with Gasteiger partial charge < -0.3 is 14.2 Å². The van der Waals surface area contributed by atoms with Crippen LogP contribution in [0.2, 0.25) is 0 Å². The van der Waals surface area contributed by atoms with Gasteiger partial charge in [0.15, 0.2) is 0 Å². The number of aryl methyl sites for hydroxylation is 1. The molecule has 2 heterocycles. The standard InChI is InChI=1S/C16H25N3O3/c1-11-17-14(18-22-11)13-10-19(8-9-21-13)15(20)16(2,3)12-6-4-5-7-12/h12-13H,4-10H2,1-3H3/t13-/m1/s1. The molecule has 22 heavy (non-hydrogen) atoms. The van der Waals surface area contributed by atoms with Crippen LogP contribution in [0.15, 0.2) is 4.52 Å². The number of hydrogen-bond donors (Lipinski definition) is 0. The Morgan fingerprint density at radius 1 is 1.32 bits per heavy atom. The predicted molar refractivity (Wildman–Crippen MR) is 80.0 cm³/mol. The second kappa shape index (κ2) is 5.99. The highest BCUT2D eigenvalue weighted by atomic mass is 16.5. The maximum absolute atomic E-state index is 13.0. The highest BCUT2D eigenvalue weighted by Gasteiger charge is 2.42. The molecule has 6 nitrogen and oxygen atoms in total. The van der Waals surface area contributed by atoms with E-state index in [1.165, 1.54) is 12.8 Å². The van der Waals surface area contributed by atoms with Crippen LogP contribution in [0.3, 0.4) is 0 Å². The predicted octanol–water partition coefficient (Wildman–Crippen LogP) is 2.49. The van der Waals surface area contributed by atoms with Crippen LogP contribution in [0.4, 0.5) is 0 Å². The summed E-state index contributed by atoms with van der Waals surface area (Å²) in [6.07, 6.45) is 4.53. The smallest absolute Gasteiger partial charge is 0.228 e. The highest BCUT2D eigenvalue weighted by Crippen LogP contribution is 2.41. The topological polar surface area (TPSA) is 68.5 Å². The van der Waals surface area contributed by atoms with Crippen LogP contribution in [0.1, 0.15) is 57.3 Å². The molecule has 3 rings (SSSR count). The first kappa shape index (κ1) is 15.5. The third-order valence-electron chi connectivity index (χ3n) is 5.11. The number of aromatic nitrogens is 2. The Bertz CT molecular complexity index is 534. The number of ether oxygens (including phenoxy) is 1. The molecule has 1 aliphatic carbocycles. The van der Waals surface area contributed by atoms with Crippen molar-refractivity contribution in [2.24, 2.45) is 11.3 Å². The fourth-order valence-electron chi connectivity index (χ4n) is 3.67. The van der Waals surface area contributed by atoms with E-state index in [1.807, 2.05) is 4.90 Å². The molecule has 0 bridgehead atoms. The van der Waals surface area contributed by atoms with E-state index in [4.69, 9.17) is 9.26 Å². The van der Waals surface area contributed by atoms with Crippen molar-refractivity contribution < 1.29 is 14.1 Å². The normalized spacial score (nSPS) is 24.0. The van der Waals surface area contributed by atoms with Crippen molar-refractivity contribution in [1.82, 2.24) is 15.0 Å². The Balaban J connectivity index is 1.69. The molecule has 1 amide bonds. The van der Waals surface area contributed by atoms with Gasteiger partial charge in [-0.25, -0.2) is 0 Å². The van der Waals surface area contributed by atoms with Gasteiger partial charge in [0.25, 0.3) is 0 Å². The lowest BCUT2D eigenvalue weighted by molar-refractivity contribution is -0.151. The van der Waals surface area contributed by atoms with Gasteiger partial charge in [0.2, 0.25) is 17.6 Å². The van der Waals surface area contributed by atoms with Crippen molar-refractivity contribution in [3.63, 3.8) is 0 Å². The lowest BCUT2D eigenvalue weighted by atomic mass is 9.76. The lowest BCUT2D eigenvalue weighted by Crippen LogP contribution is -2.49. The fourth-order valence-corrected chi connectivity index (χ4v) is 3.67. The van der Waals surface area contributed by atoms with Gasteiger partial charge in [-0.15, -0.1) is 0 Å². The summed E-state index contributed by atoms with van der Waals surface area (Å²) in [5.41, 5.74) is -0.300. The Morgan fingerprint density at radius 2 is 2.05 bits per heavy atom. The van der Waals surface area contributed by atoms with Crippen molar-refractivity contribution in [2.45, 2.75) is 52.6 Å². The first-order chi connectivity index (χ1) is 10.5. The summed E-state index contributed by atoms with van der Waals surface area (Å²) in [6, 6.07) is 0. The maximum atomic E-state index is 13.0. The number of morpholine rings is 1.